The zero-order chi connectivity index (χ0) is 16.5. The molecule has 7 heteroatoms. The summed E-state index contributed by atoms with van der Waals surface area (Å²) in [6.45, 7) is 0.464. The van der Waals surface area contributed by atoms with Gasteiger partial charge in [0, 0.05) is 35.6 Å². The predicted octanol–water partition coefficient (Wildman–Crippen LogP) is 2.65. The number of aromatic amines is 1. The van der Waals surface area contributed by atoms with Gasteiger partial charge in [0.25, 0.3) is 5.91 Å². The number of nitrogens with zero attached hydrogens (tertiary/aromatic N) is 2. The minimum absolute atomic E-state index is 0.215. The molecule has 0 unspecified atom stereocenters. The Morgan fingerprint density at radius 1 is 1.29 bits per heavy atom. The van der Waals surface area contributed by atoms with E-state index in [0.717, 1.165) is 5.69 Å². The number of H-pyrrole nitrogens is 1. The van der Waals surface area contributed by atoms with E-state index in [1.807, 2.05) is 6.07 Å². The number of rotatable bonds is 2. The Labute approximate surface area is 136 Å². The summed E-state index contributed by atoms with van der Waals surface area (Å²) in [5, 5.41) is 7.90. The molecule has 0 fully saturated rings. The van der Waals surface area contributed by atoms with Crippen LogP contribution in [-0.2, 0) is 0 Å². The zero-order valence-electron chi connectivity index (χ0n) is 12.6. The van der Waals surface area contributed by atoms with Crippen LogP contribution in [0.2, 0.25) is 0 Å². The highest BCUT2D eigenvalue weighted by atomic mass is 19.1. The number of carbonyl (C=O) groups excluding carboxylic acids is 1. The standard InChI is InChI=1S/C17H14FN5O/c18-10-3-4-13-12(8-10)15-14(5-7-20-17(24)16(15)21-13)23-22-11-2-1-6-19-9-11/h1-4,6,8-9,21-22H,5,7H2,(H,20,24)/b23-14+. The first-order chi connectivity index (χ1) is 11.7. The third-order valence-electron chi connectivity index (χ3n) is 3.91. The molecule has 0 saturated heterocycles. The number of amides is 1. The summed E-state index contributed by atoms with van der Waals surface area (Å²) in [6.07, 6.45) is 3.86. The Kier molecular flexibility index (Phi) is 3.45. The van der Waals surface area contributed by atoms with Crippen LogP contribution in [0.1, 0.15) is 22.5 Å². The minimum atomic E-state index is -0.353. The smallest absolute Gasteiger partial charge is 0.268 e. The van der Waals surface area contributed by atoms with Gasteiger partial charge in [0.1, 0.15) is 11.5 Å². The molecule has 0 radical (unpaired) electrons. The number of benzene rings is 1. The van der Waals surface area contributed by atoms with Gasteiger partial charge in [-0.1, -0.05) is 0 Å². The normalized spacial score (nSPS) is 15.9. The van der Waals surface area contributed by atoms with Gasteiger partial charge in [-0.25, -0.2) is 4.39 Å². The first-order valence-electron chi connectivity index (χ1n) is 7.55. The SMILES string of the molecule is O=C1NCC/C(=N\Nc2cccnc2)c2c1[nH]c1ccc(F)cc21. The molecule has 4 rings (SSSR count). The van der Waals surface area contributed by atoms with Gasteiger partial charge >= 0.3 is 0 Å². The maximum Gasteiger partial charge on any atom is 0.268 e. The molecule has 120 valence electrons. The second kappa shape index (κ2) is 5.77. The largest absolute Gasteiger partial charge is 0.350 e. The van der Waals surface area contributed by atoms with Crippen LogP contribution in [0.4, 0.5) is 10.1 Å². The summed E-state index contributed by atoms with van der Waals surface area (Å²) in [4.78, 5) is 19.3. The molecule has 1 aromatic carbocycles. The van der Waals surface area contributed by atoms with Gasteiger partial charge in [0.15, 0.2) is 0 Å². The molecule has 6 nitrogen and oxygen atoms in total. The average Bonchev–Trinajstić information content (AvgIpc) is 2.89. The van der Waals surface area contributed by atoms with Crippen LogP contribution in [0, 0.1) is 5.82 Å². The van der Waals surface area contributed by atoms with E-state index in [1.54, 1.807) is 24.5 Å². The Morgan fingerprint density at radius 2 is 2.21 bits per heavy atom. The lowest BCUT2D eigenvalue weighted by atomic mass is 10.0. The van der Waals surface area contributed by atoms with Crippen LogP contribution < -0.4 is 10.7 Å². The number of anilines is 1. The highest BCUT2D eigenvalue weighted by Crippen LogP contribution is 2.26. The van der Waals surface area contributed by atoms with E-state index in [4.69, 9.17) is 0 Å². The molecule has 0 spiro atoms. The van der Waals surface area contributed by atoms with Crippen molar-refractivity contribution in [2.75, 3.05) is 12.0 Å². The van der Waals surface area contributed by atoms with E-state index in [9.17, 15) is 9.18 Å². The molecule has 3 N–H and O–H groups in total. The van der Waals surface area contributed by atoms with Crippen LogP contribution in [0.15, 0.2) is 47.8 Å². The minimum Gasteiger partial charge on any atom is -0.350 e. The zero-order valence-corrected chi connectivity index (χ0v) is 12.6. The Hall–Kier alpha value is -3.22. The second-order valence-electron chi connectivity index (χ2n) is 5.48. The molecule has 2 aromatic heterocycles. The number of nitrogens with one attached hydrogen (secondary N) is 3. The Morgan fingerprint density at radius 3 is 3.04 bits per heavy atom. The van der Waals surface area contributed by atoms with Crippen molar-refractivity contribution in [2.45, 2.75) is 6.42 Å². The topological polar surface area (TPSA) is 82.2 Å². The molecule has 3 aromatic rings. The van der Waals surface area contributed by atoms with Gasteiger partial charge < -0.3 is 10.3 Å². The molecule has 0 saturated carbocycles. The molecule has 1 amide bonds. The van der Waals surface area contributed by atoms with E-state index < -0.39 is 0 Å². The van der Waals surface area contributed by atoms with Crippen molar-refractivity contribution >= 4 is 28.2 Å². The lowest BCUT2D eigenvalue weighted by Crippen LogP contribution is -2.23. The van der Waals surface area contributed by atoms with Gasteiger partial charge in [0.05, 0.1) is 17.6 Å². The monoisotopic (exact) mass is 323 g/mol. The molecular weight excluding hydrogens is 309 g/mol. The molecular formula is C17H14FN5O. The van der Waals surface area contributed by atoms with Crippen molar-refractivity contribution in [3.63, 3.8) is 0 Å². The predicted molar refractivity (Wildman–Crippen MR) is 89.6 cm³/mol. The van der Waals surface area contributed by atoms with Crippen molar-refractivity contribution in [1.29, 1.82) is 0 Å². The molecule has 1 aliphatic rings. The van der Waals surface area contributed by atoms with Crippen LogP contribution in [0.3, 0.4) is 0 Å². The van der Waals surface area contributed by atoms with Crippen LogP contribution in [0.25, 0.3) is 10.9 Å². The number of hydrogen-bond donors (Lipinski definition) is 3. The third kappa shape index (κ3) is 2.50. The lowest BCUT2D eigenvalue weighted by Gasteiger charge is -2.05. The maximum absolute atomic E-state index is 13.7. The fourth-order valence-electron chi connectivity index (χ4n) is 2.81. The van der Waals surface area contributed by atoms with Crippen molar-refractivity contribution in [2.24, 2.45) is 5.10 Å². The third-order valence-corrected chi connectivity index (χ3v) is 3.91. The number of pyridine rings is 1. The molecule has 24 heavy (non-hydrogen) atoms. The molecule has 3 heterocycles. The number of halogens is 1. The summed E-state index contributed by atoms with van der Waals surface area (Å²) in [7, 11) is 0. The fourth-order valence-corrected chi connectivity index (χ4v) is 2.81. The fraction of sp³-hybridized carbons (Fsp3) is 0.118. The number of hydrazone groups is 1. The van der Waals surface area contributed by atoms with E-state index in [0.29, 0.717) is 40.8 Å². The van der Waals surface area contributed by atoms with Gasteiger partial charge in [-0.2, -0.15) is 5.10 Å². The quantitative estimate of drug-likeness (QED) is 0.634. The van der Waals surface area contributed by atoms with Crippen LogP contribution in [-0.4, -0.2) is 28.1 Å². The van der Waals surface area contributed by atoms with Crippen molar-refractivity contribution in [3.05, 3.63) is 59.8 Å². The number of fused-ring (bicyclic) bond motifs is 3. The van der Waals surface area contributed by atoms with Crippen molar-refractivity contribution in [1.82, 2.24) is 15.3 Å². The van der Waals surface area contributed by atoms with Gasteiger partial charge in [-0.05, 0) is 30.3 Å². The van der Waals surface area contributed by atoms with E-state index in [-0.39, 0.29) is 11.7 Å². The number of aromatic nitrogens is 2. The van der Waals surface area contributed by atoms with Gasteiger partial charge in [0.2, 0.25) is 0 Å². The summed E-state index contributed by atoms with van der Waals surface area (Å²) in [5.74, 6) is -0.568. The first-order valence-corrected chi connectivity index (χ1v) is 7.55. The molecule has 0 bridgehead atoms. The highest BCUT2D eigenvalue weighted by Gasteiger charge is 2.25. The first kappa shape index (κ1) is 14.4. The summed E-state index contributed by atoms with van der Waals surface area (Å²) in [5.41, 5.74) is 6.11. The van der Waals surface area contributed by atoms with Crippen LogP contribution >= 0.6 is 0 Å². The lowest BCUT2D eigenvalue weighted by molar-refractivity contribution is 0.0952. The molecule has 1 aliphatic heterocycles. The summed E-state index contributed by atoms with van der Waals surface area (Å²) < 4.78 is 13.7. The maximum atomic E-state index is 13.7. The van der Waals surface area contributed by atoms with Crippen molar-refractivity contribution in [3.8, 4) is 0 Å². The van der Waals surface area contributed by atoms with Crippen molar-refractivity contribution < 1.29 is 9.18 Å². The van der Waals surface area contributed by atoms with E-state index >= 15 is 0 Å². The summed E-state index contributed by atoms with van der Waals surface area (Å²) >= 11 is 0. The van der Waals surface area contributed by atoms with Crippen LogP contribution in [0.5, 0.6) is 0 Å². The second-order valence-corrected chi connectivity index (χ2v) is 5.48. The van der Waals surface area contributed by atoms with Gasteiger partial charge in [-0.3, -0.25) is 15.2 Å². The molecule has 0 aliphatic carbocycles. The highest BCUT2D eigenvalue weighted by molar-refractivity contribution is 6.19. The summed E-state index contributed by atoms with van der Waals surface area (Å²) in [6, 6.07) is 8.04. The van der Waals surface area contributed by atoms with Gasteiger partial charge in [-0.15, -0.1) is 0 Å². The van der Waals surface area contributed by atoms with E-state index in [2.05, 4.69) is 25.8 Å². The number of hydrogen-bond acceptors (Lipinski definition) is 4. The average molecular weight is 323 g/mol. The molecule has 0 atom stereocenters. The number of carbonyl (C=O) groups is 1. The Bertz CT molecular complexity index is 948. The van der Waals surface area contributed by atoms with E-state index in [1.165, 1.54) is 12.1 Å². The Balaban J connectivity index is 1.84.